The first kappa shape index (κ1) is 17.1. The Kier molecular flexibility index (Phi) is 9.00. The number of ketones is 1. The highest BCUT2D eigenvalue weighted by Gasteiger charge is 2.12. The van der Waals surface area contributed by atoms with E-state index in [2.05, 4.69) is 9.47 Å². The van der Waals surface area contributed by atoms with Crippen LogP contribution < -0.4 is 0 Å². The maximum absolute atomic E-state index is 11.0. The lowest BCUT2D eigenvalue weighted by atomic mass is 10.2. The lowest BCUT2D eigenvalue weighted by molar-refractivity contribution is -0.141. The molecule has 7 heteroatoms. The molecule has 0 aliphatic heterocycles. The number of carbonyl (C=O) groups excluding carboxylic acids is 3. The third kappa shape index (κ3) is 8.74. The van der Waals surface area contributed by atoms with Crippen molar-refractivity contribution in [3.63, 3.8) is 0 Å². The number of rotatable bonds is 9. The van der Waals surface area contributed by atoms with Gasteiger partial charge in [-0.1, -0.05) is 0 Å². The van der Waals surface area contributed by atoms with Gasteiger partial charge in [-0.25, -0.2) is 0 Å². The van der Waals surface area contributed by atoms with Gasteiger partial charge in [0, 0.05) is 26.1 Å². The number of nitriles is 1. The molecule has 0 atom stereocenters. The van der Waals surface area contributed by atoms with E-state index in [0.29, 0.717) is 19.6 Å². The molecule has 0 fully saturated rings. The van der Waals surface area contributed by atoms with Crippen LogP contribution in [0.3, 0.4) is 0 Å². The largest absolute Gasteiger partial charge is 0.469 e. The summed E-state index contributed by atoms with van der Waals surface area (Å²) in [7, 11) is 2.58. The molecule has 0 aromatic rings. The summed E-state index contributed by atoms with van der Waals surface area (Å²) in [5, 5.41) is 8.39. The number of carbonyl (C=O) groups is 3. The summed E-state index contributed by atoms with van der Waals surface area (Å²) in [6.07, 6.45) is 0.398. The van der Waals surface area contributed by atoms with Crippen LogP contribution >= 0.6 is 0 Å². The minimum atomic E-state index is -0.527. The maximum atomic E-state index is 11.0. The second kappa shape index (κ2) is 10.0. The number of hydrogen-bond acceptors (Lipinski definition) is 7. The van der Waals surface area contributed by atoms with Crippen molar-refractivity contribution in [3.8, 4) is 6.07 Å². The molecule has 0 saturated carbocycles. The van der Waals surface area contributed by atoms with Crippen molar-refractivity contribution in [2.45, 2.75) is 19.3 Å². The van der Waals surface area contributed by atoms with Gasteiger partial charge in [0.2, 0.25) is 5.78 Å². The Morgan fingerprint density at radius 3 is 1.74 bits per heavy atom. The van der Waals surface area contributed by atoms with Gasteiger partial charge in [0.25, 0.3) is 0 Å². The Morgan fingerprint density at radius 1 is 0.947 bits per heavy atom. The molecule has 0 rings (SSSR count). The zero-order valence-electron chi connectivity index (χ0n) is 11.2. The van der Waals surface area contributed by atoms with Crippen molar-refractivity contribution >= 4 is 17.7 Å². The number of ether oxygens (including phenoxy) is 2. The Labute approximate surface area is 112 Å². The van der Waals surface area contributed by atoms with Crippen LogP contribution in [0.4, 0.5) is 0 Å². The van der Waals surface area contributed by atoms with Crippen molar-refractivity contribution in [2.75, 3.05) is 33.9 Å². The minimum Gasteiger partial charge on any atom is -0.469 e. The van der Waals surface area contributed by atoms with Crippen LogP contribution in [-0.4, -0.2) is 56.5 Å². The first-order valence-electron chi connectivity index (χ1n) is 5.82. The predicted molar refractivity (Wildman–Crippen MR) is 64.9 cm³/mol. The number of hydrogen-bond donors (Lipinski definition) is 0. The van der Waals surface area contributed by atoms with Crippen LogP contribution in [0, 0.1) is 11.3 Å². The third-order valence-corrected chi connectivity index (χ3v) is 2.50. The van der Waals surface area contributed by atoms with E-state index in [1.807, 2.05) is 0 Å². The average Bonchev–Trinajstić information content (AvgIpc) is 2.44. The van der Waals surface area contributed by atoms with Gasteiger partial charge in [0.1, 0.15) is 6.07 Å². The monoisotopic (exact) mass is 270 g/mol. The highest BCUT2D eigenvalue weighted by molar-refractivity contribution is 5.93. The molecule has 0 heterocycles. The Morgan fingerprint density at radius 2 is 1.37 bits per heavy atom. The van der Waals surface area contributed by atoms with Crippen molar-refractivity contribution in [2.24, 2.45) is 0 Å². The van der Waals surface area contributed by atoms with Crippen LogP contribution in [0.1, 0.15) is 19.3 Å². The number of methoxy groups -OCH3 is 2. The normalized spacial score (nSPS) is 9.79. The van der Waals surface area contributed by atoms with E-state index in [1.54, 1.807) is 4.90 Å². The third-order valence-electron chi connectivity index (χ3n) is 2.50. The molecule has 0 bridgehead atoms. The van der Waals surface area contributed by atoms with E-state index in [1.165, 1.54) is 20.3 Å². The fourth-order valence-electron chi connectivity index (χ4n) is 1.35. The molecule has 0 radical (unpaired) electrons. The van der Waals surface area contributed by atoms with E-state index in [-0.39, 0.29) is 31.2 Å². The molecular weight excluding hydrogens is 252 g/mol. The zero-order valence-corrected chi connectivity index (χ0v) is 11.2. The van der Waals surface area contributed by atoms with E-state index >= 15 is 0 Å². The fraction of sp³-hybridized carbons (Fsp3) is 0.667. The lowest BCUT2D eigenvalue weighted by Crippen LogP contribution is -2.31. The van der Waals surface area contributed by atoms with Crippen LogP contribution in [0.2, 0.25) is 0 Å². The summed E-state index contributed by atoms with van der Waals surface area (Å²) in [5.41, 5.74) is 0. The SMILES string of the molecule is COC(=O)CCN(CCC(=O)C#N)CCC(=O)OC. The summed E-state index contributed by atoms with van der Waals surface area (Å²) in [6.45, 7) is 1.05. The molecular formula is C12H18N2O5. The van der Waals surface area contributed by atoms with Crippen molar-refractivity contribution in [1.82, 2.24) is 4.90 Å². The van der Waals surface area contributed by atoms with Crippen molar-refractivity contribution in [3.05, 3.63) is 0 Å². The Bertz CT molecular complexity index is 342. The molecule has 0 aliphatic rings. The van der Waals surface area contributed by atoms with Gasteiger partial charge in [-0.3, -0.25) is 14.4 Å². The highest BCUT2D eigenvalue weighted by Crippen LogP contribution is 1.99. The quantitative estimate of drug-likeness (QED) is 0.426. The van der Waals surface area contributed by atoms with Crippen LogP contribution in [0.5, 0.6) is 0 Å². The molecule has 0 saturated heterocycles. The molecule has 0 aromatic carbocycles. The van der Waals surface area contributed by atoms with Gasteiger partial charge < -0.3 is 14.4 Å². The van der Waals surface area contributed by atoms with Crippen molar-refractivity contribution in [1.29, 1.82) is 5.26 Å². The first-order chi connectivity index (χ1) is 9.03. The van der Waals surface area contributed by atoms with Crippen molar-refractivity contribution < 1.29 is 23.9 Å². The van der Waals surface area contributed by atoms with Gasteiger partial charge in [0.05, 0.1) is 27.1 Å². The standard InChI is InChI=1S/C12H18N2O5/c1-18-11(16)4-7-14(6-3-10(15)9-13)8-5-12(17)19-2/h3-8H2,1-2H3. The number of esters is 2. The summed E-state index contributed by atoms with van der Waals surface area (Å²) in [6, 6.07) is 1.52. The molecule has 0 amide bonds. The van der Waals surface area contributed by atoms with Crippen LogP contribution in [-0.2, 0) is 23.9 Å². The van der Waals surface area contributed by atoms with Gasteiger partial charge in [0.15, 0.2) is 0 Å². The first-order valence-corrected chi connectivity index (χ1v) is 5.82. The molecule has 7 nitrogen and oxygen atoms in total. The maximum Gasteiger partial charge on any atom is 0.306 e. The van der Waals surface area contributed by atoms with E-state index in [0.717, 1.165) is 0 Å². The average molecular weight is 270 g/mol. The van der Waals surface area contributed by atoms with E-state index in [4.69, 9.17) is 5.26 Å². The highest BCUT2D eigenvalue weighted by atomic mass is 16.5. The minimum absolute atomic E-state index is 0.0683. The molecule has 19 heavy (non-hydrogen) atoms. The van der Waals surface area contributed by atoms with Gasteiger partial charge in [-0.05, 0) is 0 Å². The molecule has 0 unspecified atom stereocenters. The van der Waals surface area contributed by atoms with Gasteiger partial charge >= 0.3 is 11.9 Å². The lowest BCUT2D eigenvalue weighted by Gasteiger charge is -2.20. The smallest absolute Gasteiger partial charge is 0.306 e. The molecule has 0 spiro atoms. The second-order valence-electron chi connectivity index (χ2n) is 3.78. The van der Waals surface area contributed by atoms with Gasteiger partial charge in [-0.2, -0.15) is 5.26 Å². The van der Waals surface area contributed by atoms with Crippen LogP contribution in [0.15, 0.2) is 0 Å². The summed E-state index contributed by atoms with van der Waals surface area (Å²) in [4.78, 5) is 34.8. The number of Topliss-reactive ketones (excluding diaryl/α,β-unsaturated/α-hetero) is 1. The molecule has 0 aromatic heterocycles. The second-order valence-corrected chi connectivity index (χ2v) is 3.78. The predicted octanol–water partition coefficient (Wildman–Crippen LogP) is -0.103. The van der Waals surface area contributed by atoms with Crippen LogP contribution in [0.25, 0.3) is 0 Å². The Hall–Kier alpha value is -1.94. The van der Waals surface area contributed by atoms with E-state index < -0.39 is 5.78 Å². The molecule has 0 aliphatic carbocycles. The van der Waals surface area contributed by atoms with Gasteiger partial charge in [-0.15, -0.1) is 0 Å². The Balaban J connectivity index is 4.21. The summed E-state index contributed by atoms with van der Waals surface area (Å²) >= 11 is 0. The molecule has 106 valence electrons. The summed E-state index contributed by atoms with van der Waals surface area (Å²) < 4.78 is 9.04. The molecule has 0 N–H and O–H groups in total. The topological polar surface area (TPSA) is 96.7 Å². The summed E-state index contributed by atoms with van der Waals surface area (Å²) in [5.74, 6) is -1.26. The zero-order chi connectivity index (χ0) is 14.7. The number of nitrogens with zero attached hydrogens (tertiary/aromatic N) is 2. The fourth-order valence-corrected chi connectivity index (χ4v) is 1.35. The van der Waals surface area contributed by atoms with E-state index in [9.17, 15) is 14.4 Å².